The van der Waals surface area contributed by atoms with E-state index in [9.17, 15) is 4.79 Å². The van der Waals surface area contributed by atoms with Crippen molar-refractivity contribution < 1.29 is 9.53 Å². The smallest absolute Gasteiger partial charge is 0.415 e. The van der Waals surface area contributed by atoms with Crippen LogP contribution in [0.15, 0.2) is 12.8 Å². The first kappa shape index (κ1) is 5.70. The van der Waals surface area contributed by atoms with Crippen LogP contribution in [0.3, 0.4) is 0 Å². The molecule has 0 aliphatic carbocycles. The number of nitriles is 1. The van der Waals surface area contributed by atoms with Crippen LogP contribution in [-0.4, -0.2) is 5.97 Å². The molecule has 0 radical (unpaired) electrons. The Hall–Kier alpha value is -1.30. The van der Waals surface area contributed by atoms with Gasteiger partial charge in [0, 0.05) is 0 Å². The monoisotopic (exact) mass is 97.0 g/mol. The van der Waals surface area contributed by atoms with E-state index in [1.54, 1.807) is 0 Å². The van der Waals surface area contributed by atoms with Crippen molar-refractivity contribution in [2.75, 3.05) is 0 Å². The normalized spacial score (nSPS) is 6.14. The average molecular weight is 97.1 g/mol. The molecule has 0 spiro atoms. The Morgan fingerprint density at radius 1 is 2.00 bits per heavy atom. The molecule has 0 aromatic heterocycles. The van der Waals surface area contributed by atoms with E-state index in [4.69, 9.17) is 5.26 Å². The maximum absolute atomic E-state index is 9.76. The lowest BCUT2D eigenvalue weighted by Gasteiger charge is -1.80. The third-order valence-electron chi connectivity index (χ3n) is 0.282. The molecule has 7 heavy (non-hydrogen) atoms. The maximum Gasteiger partial charge on any atom is 0.415 e. The van der Waals surface area contributed by atoms with Crippen molar-refractivity contribution in [2.45, 2.75) is 0 Å². The Morgan fingerprint density at radius 2 is 2.57 bits per heavy atom. The fourth-order valence-electron chi connectivity index (χ4n) is 0.102. The number of rotatable bonds is 1. The number of ether oxygens (including phenoxy) is 1. The van der Waals surface area contributed by atoms with Gasteiger partial charge in [0.15, 0.2) is 6.07 Å². The molecule has 0 aromatic rings. The molecular formula is C4H3NO2. The quantitative estimate of drug-likeness (QED) is 0.267. The third-order valence-corrected chi connectivity index (χ3v) is 0.282. The molecule has 0 atom stereocenters. The zero-order chi connectivity index (χ0) is 5.70. The minimum absolute atomic E-state index is 0.908. The van der Waals surface area contributed by atoms with Gasteiger partial charge in [-0.2, -0.15) is 5.26 Å². The number of esters is 1. The average Bonchev–Trinajstić information content (AvgIpc) is 1.68. The summed E-state index contributed by atoms with van der Waals surface area (Å²) in [7, 11) is 0. The molecule has 3 heteroatoms. The van der Waals surface area contributed by atoms with E-state index in [1.807, 2.05) is 0 Å². The highest BCUT2D eigenvalue weighted by Gasteiger charge is 1.90. The zero-order valence-electron chi connectivity index (χ0n) is 3.55. The van der Waals surface area contributed by atoms with Crippen LogP contribution in [0.25, 0.3) is 0 Å². The molecule has 3 nitrogen and oxygen atoms in total. The first-order valence-corrected chi connectivity index (χ1v) is 1.53. The number of carbonyl (C=O) groups is 1. The lowest BCUT2D eigenvalue weighted by molar-refractivity contribution is -0.131. The number of carbonyl (C=O) groups excluding carboxylic acids is 1. The molecule has 0 amide bonds. The Bertz CT molecular complexity index is 122. The summed E-state index contributed by atoms with van der Waals surface area (Å²) in [5.41, 5.74) is 0. The summed E-state index contributed by atoms with van der Waals surface area (Å²) in [6.07, 6.45) is 0.908. The van der Waals surface area contributed by atoms with Crippen LogP contribution < -0.4 is 0 Å². The molecule has 0 unspecified atom stereocenters. The minimum Gasteiger partial charge on any atom is -0.424 e. The highest BCUT2D eigenvalue weighted by atomic mass is 16.5. The van der Waals surface area contributed by atoms with Gasteiger partial charge in [0.25, 0.3) is 0 Å². The molecule has 0 rings (SSSR count). The molecule has 0 N–H and O–H groups in total. The third kappa shape index (κ3) is 2.50. The number of hydrogen-bond acceptors (Lipinski definition) is 3. The molecule has 0 fully saturated rings. The summed E-state index contributed by atoms with van der Waals surface area (Å²) in [5.74, 6) is -0.935. The second-order valence-electron chi connectivity index (χ2n) is 0.684. The fraction of sp³-hybridized carbons (Fsp3) is 0. The van der Waals surface area contributed by atoms with E-state index < -0.39 is 5.97 Å². The lowest BCUT2D eigenvalue weighted by Crippen LogP contribution is -1.91. The van der Waals surface area contributed by atoms with E-state index >= 15 is 0 Å². The molecule has 0 saturated heterocycles. The van der Waals surface area contributed by atoms with Crippen molar-refractivity contribution in [3.05, 3.63) is 12.8 Å². The van der Waals surface area contributed by atoms with Crippen LogP contribution in [0.5, 0.6) is 0 Å². The van der Waals surface area contributed by atoms with Gasteiger partial charge in [0.1, 0.15) is 0 Å². The van der Waals surface area contributed by atoms with Crippen LogP contribution in [0.1, 0.15) is 0 Å². The fourth-order valence-corrected chi connectivity index (χ4v) is 0.102. The van der Waals surface area contributed by atoms with E-state index in [0.29, 0.717) is 0 Å². The van der Waals surface area contributed by atoms with Crippen LogP contribution in [-0.2, 0) is 9.53 Å². The largest absolute Gasteiger partial charge is 0.424 e. The second-order valence-corrected chi connectivity index (χ2v) is 0.684. The molecule has 0 saturated carbocycles. The van der Waals surface area contributed by atoms with Crippen LogP contribution in [0.2, 0.25) is 0 Å². The molecule has 0 aliphatic rings. The maximum atomic E-state index is 9.76. The molecule has 0 bridgehead atoms. The first-order valence-electron chi connectivity index (χ1n) is 1.53. The Balaban J connectivity index is 3.43. The SMILES string of the molecule is C=COC(=O)C#N. The molecule has 0 aliphatic heterocycles. The van der Waals surface area contributed by atoms with Gasteiger partial charge in [-0.1, -0.05) is 6.58 Å². The standard InChI is InChI=1S/C4H3NO2/c1-2-7-4(6)3-5/h2H,1H2. The highest BCUT2D eigenvalue weighted by Crippen LogP contribution is 1.71. The summed E-state index contributed by atoms with van der Waals surface area (Å²) in [5, 5.41) is 7.69. The predicted molar refractivity (Wildman–Crippen MR) is 21.9 cm³/mol. The summed E-state index contributed by atoms with van der Waals surface area (Å²) in [4.78, 5) is 9.76. The van der Waals surface area contributed by atoms with E-state index in [1.165, 1.54) is 6.07 Å². The van der Waals surface area contributed by atoms with E-state index in [2.05, 4.69) is 11.3 Å². The molecule has 0 aromatic carbocycles. The van der Waals surface area contributed by atoms with Crippen molar-refractivity contribution in [3.63, 3.8) is 0 Å². The minimum atomic E-state index is -0.935. The van der Waals surface area contributed by atoms with Gasteiger partial charge < -0.3 is 4.74 Å². The number of hydrogen-bond donors (Lipinski definition) is 0. The van der Waals surface area contributed by atoms with Crippen LogP contribution in [0.4, 0.5) is 0 Å². The second kappa shape index (κ2) is 2.91. The summed E-state index contributed by atoms with van der Waals surface area (Å²) in [6.45, 7) is 3.05. The predicted octanol–water partition coefficient (Wildman–Crippen LogP) is 0.197. The Labute approximate surface area is 40.8 Å². The van der Waals surface area contributed by atoms with Gasteiger partial charge in [0.05, 0.1) is 6.26 Å². The summed E-state index contributed by atoms with van der Waals surface area (Å²) in [6, 6.07) is 1.23. The highest BCUT2D eigenvalue weighted by molar-refractivity contribution is 5.86. The van der Waals surface area contributed by atoms with Gasteiger partial charge in [-0.3, -0.25) is 0 Å². The van der Waals surface area contributed by atoms with Crippen molar-refractivity contribution in [1.29, 1.82) is 5.26 Å². The van der Waals surface area contributed by atoms with Gasteiger partial charge in [-0.15, -0.1) is 0 Å². The van der Waals surface area contributed by atoms with Gasteiger partial charge in [-0.25, -0.2) is 4.79 Å². The van der Waals surface area contributed by atoms with Crippen LogP contribution in [0, 0.1) is 11.3 Å². The first-order chi connectivity index (χ1) is 3.31. The van der Waals surface area contributed by atoms with Crippen molar-refractivity contribution >= 4 is 5.97 Å². The topological polar surface area (TPSA) is 50.1 Å². The van der Waals surface area contributed by atoms with Crippen molar-refractivity contribution in [3.8, 4) is 6.07 Å². The van der Waals surface area contributed by atoms with E-state index in [0.717, 1.165) is 6.26 Å². The molecule has 0 heterocycles. The number of nitrogens with zero attached hydrogens (tertiary/aromatic N) is 1. The lowest BCUT2D eigenvalue weighted by atomic mass is 10.8. The Kier molecular flexibility index (Phi) is 2.37. The van der Waals surface area contributed by atoms with Gasteiger partial charge in [-0.05, 0) is 0 Å². The van der Waals surface area contributed by atoms with Crippen LogP contribution >= 0.6 is 0 Å². The zero-order valence-corrected chi connectivity index (χ0v) is 3.55. The molecular weight excluding hydrogens is 94.0 g/mol. The van der Waals surface area contributed by atoms with Gasteiger partial charge >= 0.3 is 5.97 Å². The summed E-state index contributed by atoms with van der Waals surface area (Å²) >= 11 is 0. The molecule has 36 valence electrons. The van der Waals surface area contributed by atoms with E-state index in [-0.39, 0.29) is 0 Å². The van der Waals surface area contributed by atoms with Gasteiger partial charge in [0.2, 0.25) is 0 Å². The summed E-state index contributed by atoms with van der Waals surface area (Å²) < 4.78 is 3.95. The van der Waals surface area contributed by atoms with Crippen molar-refractivity contribution in [2.24, 2.45) is 0 Å². The Morgan fingerprint density at radius 3 is 2.71 bits per heavy atom. The van der Waals surface area contributed by atoms with Crippen molar-refractivity contribution in [1.82, 2.24) is 0 Å².